The molecule has 8 nitrogen and oxygen atoms in total. The quantitative estimate of drug-likeness (QED) is 0.839. The molecule has 2 aromatic rings. The van der Waals surface area contributed by atoms with Crippen LogP contribution in [-0.4, -0.2) is 62.3 Å². The molecule has 12 heteroatoms. The van der Waals surface area contributed by atoms with Crippen LogP contribution in [0.4, 0.5) is 13.2 Å². The number of fused-ring (bicyclic) bond motifs is 1. The first-order valence-corrected chi connectivity index (χ1v) is 8.89. The first-order valence-electron chi connectivity index (χ1n) is 8.07. The van der Waals surface area contributed by atoms with Gasteiger partial charge in [0.1, 0.15) is 5.01 Å². The highest BCUT2D eigenvalue weighted by Gasteiger charge is 2.43. The average molecular weight is 390 g/mol. The van der Waals surface area contributed by atoms with Gasteiger partial charge in [-0.2, -0.15) is 22.8 Å². The number of amides is 2. The van der Waals surface area contributed by atoms with E-state index >= 15 is 0 Å². The van der Waals surface area contributed by atoms with E-state index in [2.05, 4.69) is 20.6 Å². The van der Waals surface area contributed by atoms with E-state index in [1.807, 2.05) is 0 Å². The molecule has 2 amide bonds. The minimum absolute atomic E-state index is 0.0631. The van der Waals surface area contributed by atoms with E-state index in [-0.39, 0.29) is 37.8 Å². The second-order valence-electron chi connectivity index (χ2n) is 6.04. The molecule has 0 atom stereocenters. The van der Waals surface area contributed by atoms with Gasteiger partial charge in [0.15, 0.2) is 5.82 Å². The number of piperidine rings is 1. The second kappa shape index (κ2) is 7.17. The van der Waals surface area contributed by atoms with Gasteiger partial charge in [-0.1, -0.05) is 11.3 Å². The summed E-state index contributed by atoms with van der Waals surface area (Å²) in [5.74, 6) is -1.74. The monoisotopic (exact) mass is 390 g/mol. The fourth-order valence-corrected chi connectivity index (χ4v) is 3.69. The van der Waals surface area contributed by atoms with Gasteiger partial charge < -0.3 is 10.2 Å². The van der Waals surface area contributed by atoms with Crippen LogP contribution in [0.25, 0.3) is 4.96 Å². The Kier molecular flexibility index (Phi) is 5.12. The van der Waals surface area contributed by atoms with Gasteiger partial charge in [-0.25, -0.2) is 0 Å². The molecule has 1 N–H and O–H groups in total. The molecular formula is C14H17F3N6O2S. The summed E-state index contributed by atoms with van der Waals surface area (Å²) in [5.41, 5.74) is 0. The fraction of sp³-hybridized carbons (Fsp3) is 0.643. The van der Waals surface area contributed by atoms with Crippen LogP contribution in [0.3, 0.4) is 0 Å². The molecule has 2 aromatic heterocycles. The minimum atomic E-state index is -4.86. The smallest absolute Gasteiger partial charge is 0.355 e. The van der Waals surface area contributed by atoms with Crippen LogP contribution in [0.15, 0.2) is 0 Å². The normalized spacial score (nSPS) is 16.2. The van der Waals surface area contributed by atoms with Gasteiger partial charge in [0, 0.05) is 32.0 Å². The third-order valence-corrected chi connectivity index (χ3v) is 5.18. The molecular weight excluding hydrogens is 373 g/mol. The highest BCUT2D eigenvalue weighted by Crippen LogP contribution is 2.24. The third kappa shape index (κ3) is 3.94. The largest absolute Gasteiger partial charge is 0.471 e. The Hall–Kier alpha value is -2.24. The highest BCUT2D eigenvalue weighted by atomic mass is 32.1. The zero-order valence-corrected chi connectivity index (χ0v) is 14.7. The Labute approximate surface area is 150 Å². The lowest BCUT2D eigenvalue weighted by Crippen LogP contribution is -2.47. The first-order chi connectivity index (χ1) is 12.3. The zero-order valence-electron chi connectivity index (χ0n) is 13.9. The molecule has 0 radical (unpaired) electrons. The first kappa shape index (κ1) is 18.5. The van der Waals surface area contributed by atoms with E-state index in [9.17, 15) is 22.8 Å². The van der Waals surface area contributed by atoms with Crippen LogP contribution in [0.1, 0.15) is 23.7 Å². The average Bonchev–Trinajstić information content (AvgIpc) is 3.15. The van der Waals surface area contributed by atoms with E-state index in [1.54, 1.807) is 11.4 Å². The molecule has 26 heavy (non-hydrogen) atoms. The van der Waals surface area contributed by atoms with Gasteiger partial charge in [-0.15, -0.1) is 10.2 Å². The molecule has 1 aliphatic rings. The molecule has 0 spiro atoms. The summed E-state index contributed by atoms with van der Waals surface area (Å²) < 4.78 is 38.9. The molecule has 1 saturated heterocycles. The number of alkyl halides is 3. The molecule has 0 aliphatic carbocycles. The van der Waals surface area contributed by atoms with Crippen molar-refractivity contribution in [1.29, 1.82) is 0 Å². The summed E-state index contributed by atoms with van der Waals surface area (Å²) in [4.78, 5) is 24.8. The Morgan fingerprint density at radius 1 is 1.27 bits per heavy atom. The maximum absolute atomic E-state index is 12.4. The van der Waals surface area contributed by atoms with Crippen LogP contribution in [-0.2, 0) is 16.0 Å². The number of nitrogens with zero attached hydrogens (tertiary/aromatic N) is 5. The summed E-state index contributed by atoms with van der Waals surface area (Å²) in [6, 6.07) is 0. The topological polar surface area (TPSA) is 92.5 Å². The minimum Gasteiger partial charge on any atom is -0.355 e. The van der Waals surface area contributed by atoms with Gasteiger partial charge >= 0.3 is 12.1 Å². The summed E-state index contributed by atoms with van der Waals surface area (Å²) >= 11 is 1.39. The molecule has 1 fully saturated rings. The van der Waals surface area contributed by atoms with Crippen molar-refractivity contribution in [3.63, 3.8) is 0 Å². The summed E-state index contributed by atoms with van der Waals surface area (Å²) in [7, 11) is 0. The van der Waals surface area contributed by atoms with E-state index in [1.165, 1.54) is 11.3 Å². The lowest BCUT2D eigenvalue weighted by Gasteiger charge is -2.31. The molecule has 0 bridgehead atoms. The van der Waals surface area contributed by atoms with Crippen LogP contribution < -0.4 is 5.32 Å². The standard InChI is InChI=1S/C14H17F3N6O2S/c1-8-19-20-13-23(8)21-10(26-13)2-5-18-11(24)9-3-6-22(7-4-9)12(25)14(15,16)17/h9H,2-7H2,1H3,(H,18,24). The number of hydrogen-bond donors (Lipinski definition) is 1. The van der Waals surface area contributed by atoms with Crippen molar-refractivity contribution in [3.8, 4) is 0 Å². The fourth-order valence-electron chi connectivity index (χ4n) is 2.82. The summed E-state index contributed by atoms with van der Waals surface area (Å²) in [6.45, 7) is 2.05. The predicted octanol–water partition coefficient (Wildman–Crippen LogP) is 0.954. The highest BCUT2D eigenvalue weighted by molar-refractivity contribution is 7.16. The summed E-state index contributed by atoms with van der Waals surface area (Å²) in [5, 5.41) is 15.8. The van der Waals surface area contributed by atoms with Crippen molar-refractivity contribution in [2.24, 2.45) is 5.92 Å². The Bertz CT molecular complexity index is 809. The maximum Gasteiger partial charge on any atom is 0.471 e. The molecule has 3 heterocycles. The predicted molar refractivity (Wildman–Crippen MR) is 85.5 cm³/mol. The van der Waals surface area contributed by atoms with Gasteiger partial charge in [-0.3, -0.25) is 9.59 Å². The zero-order chi connectivity index (χ0) is 18.9. The molecule has 0 unspecified atom stereocenters. The van der Waals surface area contributed by atoms with Gasteiger partial charge in [0.2, 0.25) is 10.9 Å². The van der Waals surface area contributed by atoms with Crippen molar-refractivity contribution in [2.45, 2.75) is 32.4 Å². The number of carbonyl (C=O) groups excluding carboxylic acids is 2. The van der Waals surface area contributed by atoms with E-state index in [0.29, 0.717) is 23.8 Å². The Morgan fingerprint density at radius 2 is 1.96 bits per heavy atom. The lowest BCUT2D eigenvalue weighted by atomic mass is 9.96. The molecule has 0 saturated carbocycles. The number of rotatable bonds is 4. The van der Waals surface area contributed by atoms with Crippen LogP contribution in [0, 0.1) is 12.8 Å². The van der Waals surface area contributed by atoms with Crippen LogP contribution in [0.5, 0.6) is 0 Å². The second-order valence-corrected chi connectivity index (χ2v) is 7.08. The van der Waals surface area contributed by atoms with Crippen LogP contribution in [0.2, 0.25) is 0 Å². The van der Waals surface area contributed by atoms with Crippen LogP contribution >= 0.6 is 11.3 Å². The Balaban J connectivity index is 1.43. The van der Waals surface area contributed by atoms with Crippen molar-refractivity contribution >= 4 is 28.1 Å². The molecule has 142 valence electrons. The summed E-state index contributed by atoms with van der Waals surface area (Å²) in [6.07, 6.45) is -3.88. The van der Waals surface area contributed by atoms with Crippen molar-refractivity contribution in [3.05, 3.63) is 10.8 Å². The van der Waals surface area contributed by atoms with Crippen molar-refractivity contribution < 1.29 is 22.8 Å². The number of aromatic nitrogens is 4. The van der Waals surface area contributed by atoms with E-state index in [4.69, 9.17) is 0 Å². The molecule has 0 aromatic carbocycles. The van der Waals surface area contributed by atoms with Crippen molar-refractivity contribution in [1.82, 2.24) is 30.0 Å². The molecule has 1 aliphatic heterocycles. The number of likely N-dealkylation sites (tertiary alicyclic amines) is 1. The van der Waals surface area contributed by atoms with E-state index in [0.717, 1.165) is 9.91 Å². The van der Waals surface area contributed by atoms with Gasteiger partial charge in [0.05, 0.1) is 0 Å². The van der Waals surface area contributed by atoms with Gasteiger partial charge in [-0.05, 0) is 19.8 Å². The Morgan fingerprint density at radius 3 is 2.58 bits per heavy atom. The van der Waals surface area contributed by atoms with Crippen molar-refractivity contribution in [2.75, 3.05) is 19.6 Å². The number of hydrogen-bond acceptors (Lipinski definition) is 6. The molecule has 3 rings (SSSR count). The third-order valence-electron chi connectivity index (χ3n) is 4.22. The number of aryl methyl sites for hydroxylation is 1. The number of halogens is 3. The SMILES string of the molecule is Cc1nnc2sc(CCNC(=O)C3CCN(C(=O)C(F)(F)F)CC3)nn12. The van der Waals surface area contributed by atoms with E-state index < -0.39 is 12.1 Å². The number of carbonyl (C=O) groups is 2. The maximum atomic E-state index is 12.4. The lowest BCUT2D eigenvalue weighted by molar-refractivity contribution is -0.186. The van der Waals surface area contributed by atoms with Gasteiger partial charge in [0.25, 0.3) is 0 Å². The number of nitrogens with one attached hydrogen (secondary N) is 1.